The monoisotopic (exact) mass is 283 g/mol. The number of alkyl carbamates (subject to hydrolysis) is 1. The third-order valence-corrected chi connectivity index (χ3v) is 4.77. The Hall–Kier alpha value is -1.26. The molecule has 0 aromatic carbocycles. The lowest BCUT2D eigenvalue weighted by atomic mass is 9.55. The van der Waals surface area contributed by atoms with Gasteiger partial charge in [0, 0.05) is 6.04 Å². The van der Waals surface area contributed by atoms with Gasteiger partial charge in [-0.15, -0.1) is 0 Å². The first-order chi connectivity index (χ1) is 9.12. The van der Waals surface area contributed by atoms with E-state index in [0.29, 0.717) is 6.42 Å². The van der Waals surface area contributed by atoms with Gasteiger partial charge in [-0.1, -0.05) is 0 Å². The number of carbonyl (C=O) groups is 2. The zero-order chi connectivity index (χ0) is 15.1. The van der Waals surface area contributed by atoms with E-state index < -0.39 is 23.1 Å². The molecule has 0 radical (unpaired) electrons. The summed E-state index contributed by atoms with van der Waals surface area (Å²) in [4.78, 5) is 23.3. The molecule has 114 valence electrons. The predicted molar refractivity (Wildman–Crippen MR) is 74.3 cm³/mol. The van der Waals surface area contributed by atoms with Gasteiger partial charge < -0.3 is 15.2 Å². The second-order valence-electron chi connectivity index (χ2n) is 7.45. The van der Waals surface area contributed by atoms with Crippen LogP contribution in [0.25, 0.3) is 0 Å². The Kier molecular flexibility index (Phi) is 3.73. The predicted octanol–water partition coefficient (Wildman–Crippen LogP) is 2.79. The van der Waals surface area contributed by atoms with Crippen molar-refractivity contribution in [1.82, 2.24) is 5.32 Å². The van der Waals surface area contributed by atoms with Crippen LogP contribution in [0.5, 0.6) is 0 Å². The van der Waals surface area contributed by atoms with Crippen LogP contribution in [0.4, 0.5) is 4.79 Å². The van der Waals surface area contributed by atoms with Crippen molar-refractivity contribution in [3.05, 3.63) is 0 Å². The number of aliphatic carboxylic acids is 1. The Morgan fingerprint density at radius 3 is 2.40 bits per heavy atom. The van der Waals surface area contributed by atoms with Gasteiger partial charge in [-0.05, 0) is 65.2 Å². The van der Waals surface area contributed by atoms with Crippen LogP contribution in [-0.2, 0) is 9.53 Å². The number of hydrogen-bond acceptors (Lipinski definition) is 3. The molecule has 0 heterocycles. The van der Waals surface area contributed by atoms with E-state index in [4.69, 9.17) is 4.74 Å². The summed E-state index contributed by atoms with van der Waals surface area (Å²) < 4.78 is 5.28. The van der Waals surface area contributed by atoms with Crippen LogP contribution in [0.3, 0.4) is 0 Å². The van der Waals surface area contributed by atoms with Gasteiger partial charge in [0.2, 0.25) is 0 Å². The van der Waals surface area contributed by atoms with Crippen molar-refractivity contribution < 1.29 is 19.4 Å². The highest BCUT2D eigenvalue weighted by Crippen LogP contribution is 2.52. The van der Waals surface area contributed by atoms with Crippen molar-refractivity contribution in [2.75, 3.05) is 0 Å². The van der Waals surface area contributed by atoms with Crippen LogP contribution < -0.4 is 5.32 Å². The second kappa shape index (κ2) is 4.93. The van der Waals surface area contributed by atoms with Gasteiger partial charge in [-0.2, -0.15) is 0 Å². The zero-order valence-corrected chi connectivity index (χ0v) is 12.7. The van der Waals surface area contributed by atoms with Crippen LogP contribution >= 0.6 is 0 Å². The van der Waals surface area contributed by atoms with Crippen LogP contribution in [0.15, 0.2) is 0 Å². The fourth-order valence-electron chi connectivity index (χ4n) is 3.67. The van der Waals surface area contributed by atoms with Gasteiger partial charge >= 0.3 is 12.1 Å². The number of rotatable bonds is 2. The lowest BCUT2D eigenvalue weighted by molar-refractivity contribution is -0.159. The molecule has 0 spiro atoms. The minimum atomic E-state index is -0.706. The number of carbonyl (C=O) groups excluding carboxylic acids is 1. The van der Waals surface area contributed by atoms with Crippen molar-refractivity contribution in [3.8, 4) is 0 Å². The molecule has 3 aliphatic carbocycles. The Bertz CT molecular complexity index is 415. The summed E-state index contributed by atoms with van der Waals surface area (Å²) in [5.74, 6) is -0.318. The fraction of sp³-hybridized carbons (Fsp3) is 0.867. The summed E-state index contributed by atoms with van der Waals surface area (Å²) in [5, 5.41) is 12.4. The van der Waals surface area contributed by atoms with Crippen LogP contribution in [0.1, 0.15) is 53.4 Å². The zero-order valence-electron chi connectivity index (χ0n) is 12.7. The molecule has 0 aromatic heterocycles. The van der Waals surface area contributed by atoms with Crippen LogP contribution in [0, 0.1) is 17.3 Å². The SMILES string of the molecule is CC(C)(C)OC(=O)N[C@@H]1C[C@H]2CC[C@@H]1C[C@@]2(C)C(=O)O. The van der Waals surface area contributed by atoms with E-state index in [2.05, 4.69) is 5.32 Å². The van der Waals surface area contributed by atoms with Crippen LogP contribution in [0.2, 0.25) is 0 Å². The molecule has 0 saturated heterocycles. The molecule has 0 aromatic rings. The maximum absolute atomic E-state index is 11.8. The lowest BCUT2D eigenvalue weighted by Gasteiger charge is -2.51. The molecule has 5 heteroatoms. The van der Waals surface area contributed by atoms with Crippen molar-refractivity contribution >= 4 is 12.1 Å². The van der Waals surface area contributed by atoms with Gasteiger partial charge in [0.15, 0.2) is 0 Å². The van der Waals surface area contributed by atoms with Gasteiger partial charge in [0.05, 0.1) is 5.41 Å². The van der Waals surface area contributed by atoms with Crippen molar-refractivity contribution in [3.63, 3.8) is 0 Å². The van der Waals surface area contributed by atoms with E-state index in [1.54, 1.807) is 0 Å². The summed E-state index contributed by atoms with van der Waals surface area (Å²) >= 11 is 0. The molecule has 20 heavy (non-hydrogen) atoms. The lowest BCUT2D eigenvalue weighted by Crippen LogP contribution is -2.56. The van der Waals surface area contributed by atoms with E-state index in [0.717, 1.165) is 19.3 Å². The number of fused-ring (bicyclic) bond motifs is 3. The molecule has 5 nitrogen and oxygen atoms in total. The minimum absolute atomic E-state index is 0.0519. The van der Waals surface area contributed by atoms with Crippen molar-refractivity contribution in [2.24, 2.45) is 17.3 Å². The Labute approximate surface area is 120 Å². The van der Waals surface area contributed by atoms with E-state index in [-0.39, 0.29) is 17.9 Å². The molecule has 3 saturated carbocycles. The highest BCUT2D eigenvalue weighted by Gasteiger charge is 2.53. The van der Waals surface area contributed by atoms with E-state index >= 15 is 0 Å². The minimum Gasteiger partial charge on any atom is -0.481 e. The molecule has 3 rings (SSSR count). The standard InChI is InChI=1S/C15H25NO4/c1-14(2,3)20-13(19)16-11-7-10-6-5-9(11)8-15(10,4)12(17)18/h9-11H,5-8H2,1-4H3,(H,16,19)(H,17,18)/t9-,10-,11-,15-/m1/s1. The third kappa shape index (κ3) is 2.91. The number of amides is 1. The first kappa shape index (κ1) is 15.1. The van der Waals surface area contributed by atoms with Gasteiger partial charge in [0.25, 0.3) is 0 Å². The Morgan fingerprint density at radius 1 is 1.30 bits per heavy atom. The molecule has 2 N–H and O–H groups in total. The third-order valence-electron chi connectivity index (χ3n) is 4.77. The maximum Gasteiger partial charge on any atom is 0.407 e. The molecule has 0 aliphatic heterocycles. The maximum atomic E-state index is 11.8. The normalized spacial score (nSPS) is 36.5. The quantitative estimate of drug-likeness (QED) is 0.817. The number of ether oxygens (including phenoxy) is 1. The van der Waals surface area contributed by atoms with Crippen molar-refractivity contribution in [2.45, 2.75) is 65.0 Å². The van der Waals surface area contributed by atoms with Crippen molar-refractivity contribution in [1.29, 1.82) is 0 Å². The molecule has 3 fully saturated rings. The molecule has 3 aliphatic rings. The molecule has 4 atom stereocenters. The second-order valence-corrected chi connectivity index (χ2v) is 7.45. The number of carboxylic acids is 1. The summed E-state index contributed by atoms with van der Waals surface area (Å²) in [7, 11) is 0. The number of nitrogens with one attached hydrogen (secondary N) is 1. The largest absolute Gasteiger partial charge is 0.481 e. The first-order valence-corrected chi connectivity index (χ1v) is 7.35. The molecule has 1 amide bonds. The van der Waals surface area contributed by atoms with Gasteiger partial charge in [-0.3, -0.25) is 4.79 Å². The van der Waals surface area contributed by atoms with E-state index in [9.17, 15) is 14.7 Å². The summed E-state index contributed by atoms with van der Waals surface area (Å²) in [6.45, 7) is 7.35. The smallest absolute Gasteiger partial charge is 0.407 e. The average Bonchev–Trinajstić information content (AvgIpc) is 2.28. The summed E-state index contributed by atoms with van der Waals surface area (Å²) in [5.41, 5.74) is -1.14. The van der Waals surface area contributed by atoms with E-state index in [1.165, 1.54) is 0 Å². The average molecular weight is 283 g/mol. The first-order valence-electron chi connectivity index (χ1n) is 7.35. The fourth-order valence-corrected chi connectivity index (χ4v) is 3.67. The molecular formula is C15H25NO4. The molecule has 0 unspecified atom stereocenters. The highest BCUT2D eigenvalue weighted by atomic mass is 16.6. The van der Waals surface area contributed by atoms with Gasteiger partial charge in [-0.25, -0.2) is 4.79 Å². The molecule has 2 bridgehead atoms. The Morgan fingerprint density at radius 2 is 1.95 bits per heavy atom. The summed E-state index contributed by atoms with van der Waals surface area (Å²) in [6.07, 6.45) is 2.93. The molecular weight excluding hydrogens is 258 g/mol. The highest BCUT2D eigenvalue weighted by molar-refractivity contribution is 5.75. The number of hydrogen-bond donors (Lipinski definition) is 2. The number of carboxylic acid groups (broad SMARTS) is 1. The van der Waals surface area contributed by atoms with Gasteiger partial charge in [0.1, 0.15) is 5.60 Å². The van der Waals surface area contributed by atoms with E-state index in [1.807, 2.05) is 27.7 Å². The Balaban J connectivity index is 1.98. The van der Waals surface area contributed by atoms with Crippen LogP contribution in [-0.4, -0.2) is 28.8 Å². The summed E-state index contributed by atoms with van der Waals surface area (Å²) in [6, 6.07) is 0.0519. The topological polar surface area (TPSA) is 75.6 Å².